The molecule has 1 heterocycles. The van der Waals surface area contributed by atoms with Crippen LogP contribution in [0.5, 0.6) is 0 Å². The predicted molar refractivity (Wildman–Crippen MR) is 83.8 cm³/mol. The molecule has 2 aromatic carbocycles. The van der Waals surface area contributed by atoms with E-state index in [1.807, 2.05) is 38.2 Å². The van der Waals surface area contributed by atoms with Crippen molar-refractivity contribution in [2.45, 2.75) is 13.5 Å². The van der Waals surface area contributed by atoms with Crippen molar-refractivity contribution in [1.29, 1.82) is 0 Å². The van der Waals surface area contributed by atoms with E-state index < -0.39 is 0 Å². The summed E-state index contributed by atoms with van der Waals surface area (Å²) in [6, 6.07) is 14.2. The van der Waals surface area contributed by atoms with Gasteiger partial charge in [0.2, 0.25) is 0 Å². The molecule has 0 spiro atoms. The molecule has 0 saturated carbocycles. The maximum atomic E-state index is 6.01. The number of aryl methyl sites for hydroxylation is 1. The highest BCUT2D eigenvalue weighted by molar-refractivity contribution is 5.76. The number of rotatable bonds is 3. The van der Waals surface area contributed by atoms with Crippen molar-refractivity contribution >= 4 is 22.4 Å². The van der Waals surface area contributed by atoms with E-state index in [0.717, 1.165) is 34.8 Å². The minimum atomic E-state index is 0.800. The second-order valence-corrected chi connectivity index (χ2v) is 5.09. The molecule has 3 N–H and O–H groups in total. The van der Waals surface area contributed by atoms with Gasteiger partial charge in [0.25, 0.3) is 0 Å². The number of nitrogens with zero attached hydrogens (tertiary/aromatic N) is 2. The molecule has 0 fully saturated rings. The molecule has 20 heavy (non-hydrogen) atoms. The Labute approximate surface area is 118 Å². The van der Waals surface area contributed by atoms with Gasteiger partial charge in [0, 0.05) is 13.6 Å². The van der Waals surface area contributed by atoms with Gasteiger partial charge >= 0.3 is 0 Å². The van der Waals surface area contributed by atoms with Crippen LogP contribution in [0.2, 0.25) is 0 Å². The van der Waals surface area contributed by atoms with Crippen molar-refractivity contribution < 1.29 is 0 Å². The van der Waals surface area contributed by atoms with Crippen LogP contribution in [-0.4, -0.2) is 17.0 Å². The van der Waals surface area contributed by atoms with E-state index in [1.165, 1.54) is 5.56 Å². The van der Waals surface area contributed by atoms with Crippen molar-refractivity contribution in [3.8, 4) is 0 Å². The van der Waals surface area contributed by atoms with Crippen LogP contribution in [0.25, 0.3) is 11.0 Å². The molecule has 0 radical (unpaired) electrons. The van der Waals surface area contributed by atoms with Gasteiger partial charge < -0.3 is 15.6 Å². The highest BCUT2D eigenvalue weighted by Gasteiger charge is 2.07. The number of fused-ring (bicyclic) bond motifs is 1. The minimum absolute atomic E-state index is 0.800. The molecule has 1 aromatic heterocycles. The molecule has 0 atom stereocenters. The topological polar surface area (TPSA) is 57.9 Å². The number of nitrogens with two attached hydrogens (primary N) is 1. The van der Waals surface area contributed by atoms with Gasteiger partial charge in [-0.1, -0.05) is 18.2 Å². The molecule has 0 saturated heterocycles. The van der Waals surface area contributed by atoms with Crippen LogP contribution in [0.15, 0.2) is 42.5 Å². The zero-order valence-electron chi connectivity index (χ0n) is 11.7. The lowest BCUT2D eigenvalue weighted by Crippen LogP contribution is -2.17. The molecule has 0 amide bonds. The SMILES string of the molecule is Cc1nc2ccc(CN(C)c3ccccc3N)cc2[nH]1. The van der Waals surface area contributed by atoms with Crippen LogP contribution in [-0.2, 0) is 6.54 Å². The number of nitrogens with one attached hydrogen (secondary N) is 1. The number of benzene rings is 2. The Morgan fingerprint density at radius 1 is 1.20 bits per heavy atom. The number of aromatic amines is 1. The van der Waals surface area contributed by atoms with Crippen molar-refractivity contribution in [2.75, 3.05) is 17.7 Å². The molecular weight excluding hydrogens is 248 g/mol. The number of hydrogen-bond donors (Lipinski definition) is 2. The highest BCUT2D eigenvalue weighted by atomic mass is 15.1. The first-order valence-corrected chi connectivity index (χ1v) is 6.64. The van der Waals surface area contributed by atoms with E-state index in [2.05, 4.69) is 33.1 Å². The maximum Gasteiger partial charge on any atom is 0.104 e. The fourth-order valence-electron chi connectivity index (χ4n) is 2.48. The molecule has 3 aromatic rings. The molecule has 0 unspecified atom stereocenters. The van der Waals surface area contributed by atoms with E-state index in [0.29, 0.717) is 0 Å². The Kier molecular flexibility index (Phi) is 3.06. The first kappa shape index (κ1) is 12.5. The van der Waals surface area contributed by atoms with Gasteiger partial charge in [-0.2, -0.15) is 0 Å². The third kappa shape index (κ3) is 2.32. The molecule has 0 aliphatic rings. The van der Waals surface area contributed by atoms with Gasteiger partial charge in [-0.25, -0.2) is 4.98 Å². The number of H-pyrrole nitrogens is 1. The fourth-order valence-corrected chi connectivity index (χ4v) is 2.48. The van der Waals surface area contributed by atoms with E-state index in [-0.39, 0.29) is 0 Å². The molecular formula is C16H18N4. The maximum absolute atomic E-state index is 6.01. The highest BCUT2D eigenvalue weighted by Crippen LogP contribution is 2.23. The molecule has 4 heteroatoms. The van der Waals surface area contributed by atoms with Crippen LogP contribution < -0.4 is 10.6 Å². The summed E-state index contributed by atoms with van der Waals surface area (Å²) in [6.45, 7) is 2.78. The number of hydrogen-bond acceptors (Lipinski definition) is 3. The zero-order chi connectivity index (χ0) is 14.1. The standard InChI is InChI=1S/C16H18N4/c1-11-18-14-8-7-12(9-15(14)19-11)10-20(2)16-6-4-3-5-13(16)17/h3-9H,10,17H2,1-2H3,(H,18,19). The van der Waals surface area contributed by atoms with E-state index in [9.17, 15) is 0 Å². The van der Waals surface area contributed by atoms with Crippen LogP contribution in [0, 0.1) is 6.92 Å². The van der Waals surface area contributed by atoms with Crippen molar-refractivity contribution in [1.82, 2.24) is 9.97 Å². The Hall–Kier alpha value is -2.49. The monoisotopic (exact) mass is 266 g/mol. The lowest BCUT2D eigenvalue weighted by atomic mass is 10.1. The van der Waals surface area contributed by atoms with Crippen molar-refractivity contribution in [3.05, 3.63) is 53.9 Å². The quantitative estimate of drug-likeness (QED) is 0.716. The molecule has 0 aliphatic heterocycles. The second kappa shape index (κ2) is 4.89. The zero-order valence-corrected chi connectivity index (χ0v) is 11.7. The van der Waals surface area contributed by atoms with Gasteiger partial charge in [-0.05, 0) is 36.8 Å². The summed E-state index contributed by atoms with van der Waals surface area (Å²) in [5, 5.41) is 0. The molecule has 4 nitrogen and oxygen atoms in total. The number of aromatic nitrogens is 2. The normalized spacial score (nSPS) is 10.9. The third-order valence-electron chi connectivity index (χ3n) is 3.43. The number of para-hydroxylation sites is 2. The van der Waals surface area contributed by atoms with Gasteiger partial charge in [0.1, 0.15) is 5.82 Å². The summed E-state index contributed by atoms with van der Waals surface area (Å²) in [7, 11) is 2.05. The van der Waals surface area contributed by atoms with Gasteiger partial charge in [-0.3, -0.25) is 0 Å². The Balaban J connectivity index is 1.87. The van der Waals surface area contributed by atoms with Gasteiger partial charge in [-0.15, -0.1) is 0 Å². The summed E-state index contributed by atoms with van der Waals surface area (Å²) < 4.78 is 0. The van der Waals surface area contributed by atoms with E-state index in [1.54, 1.807) is 0 Å². The predicted octanol–water partition coefficient (Wildman–Crippen LogP) is 3.09. The average molecular weight is 266 g/mol. The van der Waals surface area contributed by atoms with Crippen molar-refractivity contribution in [2.24, 2.45) is 0 Å². The summed E-state index contributed by atoms with van der Waals surface area (Å²) in [5.74, 6) is 0.942. The number of imidazole rings is 1. The third-order valence-corrected chi connectivity index (χ3v) is 3.43. The lowest BCUT2D eigenvalue weighted by molar-refractivity contribution is 0.926. The Bertz CT molecular complexity index is 745. The van der Waals surface area contributed by atoms with E-state index >= 15 is 0 Å². The first-order valence-electron chi connectivity index (χ1n) is 6.64. The lowest BCUT2D eigenvalue weighted by Gasteiger charge is -2.21. The summed E-state index contributed by atoms with van der Waals surface area (Å²) in [4.78, 5) is 9.84. The Morgan fingerprint density at radius 3 is 2.80 bits per heavy atom. The number of nitrogen functional groups attached to an aromatic ring is 1. The van der Waals surface area contributed by atoms with Crippen molar-refractivity contribution in [3.63, 3.8) is 0 Å². The molecule has 0 bridgehead atoms. The second-order valence-electron chi connectivity index (χ2n) is 5.09. The molecule has 3 rings (SSSR count). The van der Waals surface area contributed by atoms with Crippen LogP contribution in [0.3, 0.4) is 0 Å². The Morgan fingerprint density at radius 2 is 2.00 bits per heavy atom. The molecule has 0 aliphatic carbocycles. The van der Waals surface area contributed by atoms with Crippen LogP contribution in [0.4, 0.5) is 11.4 Å². The van der Waals surface area contributed by atoms with Gasteiger partial charge in [0.15, 0.2) is 0 Å². The van der Waals surface area contributed by atoms with E-state index in [4.69, 9.17) is 5.73 Å². The van der Waals surface area contributed by atoms with Crippen LogP contribution in [0.1, 0.15) is 11.4 Å². The minimum Gasteiger partial charge on any atom is -0.397 e. The summed E-state index contributed by atoms with van der Waals surface area (Å²) in [5.41, 5.74) is 11.2. The largest absolute Gasteiger partial charge is 0.397 e. The summed E-state index contributed by atoms with van der Waals surface area (Å²) in [6.07, 6.45) is 0. The number of anilines is 2. The smallest absolute Gasteiger partial charge is 0.104 e. The average Bonchev–Trinajstić information content (AvgIpc) is 2.78. The first-order chi connectivity index (χ1) is 9.63. The fraction of sp³-hybridized carbons (Fsp3) is 0.188. The summed E-state index contributed by atoms with van der Waals surface area (Å²) >= 11 is 0. The van der Waals surface area contributed by atoms with Crippen LogP contribution >= 0.6 is 0 Å². The molecule has 102 valence electrons. The van der Waals surface area contributed by atoms with Gasteiger partial charge in [0.05, 0.1) is 22.4 Å².